The Hall–Kier alpha value is -4.30. The fourth-order valence-corrected chi connectivity index (χ4v) is 7.73. The standard InChI is InChI=1S/C40H38N2/c1-38(2,3)25-19-21-27(22-20-25)41(26-13-9-8-10-14-26)28-23-30-29-15-11-16-31-35(29)42-36(30)34(24-28)40(6,7)33-18-12-17-32(37(33)42)39(31,4)5/h8-24H,1-7H3. The van der Waals surface area contributed by atoms with E-state index in [1.165, 1.54) is 72.4 Å². The van der Waals surface area contributed by atoms with E-state index < -0.39 is 0 Å². The molecule has 0 saturated heterocycles. The van der Waals surface area contributed by atoms with Crippen molar-refractivity contribution in [1.29, 1.82) is 0 Å². The van der Waals surface area contributed by atoms with Crippen molar-refractivity contribution in [3.05, 3.63) is 131 Å². The second-order valence-electron chi connectivity index (χ2n) is 14.3. The van der Waals surface area contributed by atoms with Gasteiger partial charge in [0.1, 0.15) is 0 Å². The van der Waals surface area contributed by atoms with Gasteiger partial charge in [0.15, 0.2) is 0 Å². The number of para-hydroxylation sites is 3. The molecule has 5 aromatic carbocycles. The maximum absolute atomic E-state index is 2.60. The first kappa shape index (κ1) is 25.4. The average molecular weight is 547 g/mol. The third kappa shape index (κ3) is 3.21. The minimum atomic E-state index is -0.157. The Balaban J connectivity index is 1.48. The van der Waals surface area contributed by atoms with Crippen molar-refractivity contribution in [2.45, 2.75) is 64.7 Å². The first-order chi connectivity index (χ1) is 20.0. The fourth-order valence-electron chi connectivity index (χ4n) is 7.73. The number of rotatable bonds is 3. The molecule has 0 spiro atoms. The number of anilines is 3. The zero-order valence-electron chi connectivity index (χ0n) is 25.7. The molecule has 0 atom stereocenters. The second-order valence-corrected chi connectivity index (χ2v) is 14.3. The maximum atomic E-state index is 2.60. The van der Waals surface area contributed by atoms with E-state index in [-0.39, 0.29) is 16.2 Å². The number of aromatic nitrogens is 1. The van der Waals surface area contributed by atoms with Gasteiger partial charge in [0.2, 0.25) is 0 Å². The van der Waals surface area contributed by atoms with E-state index in [0.29, 0.717) is 0 Å². The van der Waals surface area contributed by atoms with Crippen LogP contribution in [-0.2, 0) is 16.2 Å². The third-order valence-corrected chi connectivity index (χ3v) is 10.1. The number of hydrogen-bond acceptors (Lipinski definition) is 1. The zero-order chi connectivity index (χ0) is 29.2. The van der Waals surface area contributed by atoms with Gasteiger partial charge in [-0.1, -0.05) is 115 Å². The maximum Gasteiger partial charge on any atom is 0.0583 e. The highest BCUT2D eigenvalue weighted by molar-refractivity contribution is 6.15. The first-order valence-electron chi connectivity index (χ1n) is 15.2. The molecule has 0 aliphatic carbocycles. The summed E-state index contributed by atoms with van der Waals surface area (Å²) in [6, 6.07) is 38.8. The molecule has 0 amide bonds. The molecule has 0 N–H and O–H groups in total. The van der Waals surface area contributed by atoms with Crippen LogP contribution in [0.4, 0.5) is 17.1 Å². The van der Waals surface area contributed by atoms with Crippen molar-refractivity contribution in [2.75, 3.05) is 4.90 Å². The summed E-state index contributed by atoms with van der Waals surface area (Å²) in [5, 5.41) is 2.67. The quantitative estimate of drug-likeness (QED) is 0.214. The second kappa shape index (κ2) is 8.16. The number of benzene rings is 5. The molecule has 2 nitrogen and oxygen atoms in total. The SMILES string of the molecule is CC(C)(C)c1ccc(N(c2ccccc2)c2cc3c4c(c2)c2cccc5c2n4-c2c(cccc2C3(C)C)C5(C)C)cc1. The highest BCUT2D eigenvalue weighted by Crippen LogP contribution is 2.56. The number of nitrogens with zero attached hydrogens (tertiary/aromatic N) is 2. The van der Waals surface area contributed by atoms with E-state index in [9.17, 15) is 0 Å². The zero-order valence-corrected chi connectivity index (χ0v) is 25.7. The molecule has 2 aliphatic heterocycles. The van der Waals surface area contributed by atoms with Crippen LogP contribution in [0.2, 0.25) is 0 Å². The van der Waals surface area contributed by atoms with Crippen LogP contribution in [-0.4, -0.2) is 4.57 Å². The average Bonchev–Trinajstić information content (AvgIpc) is 3.30. The summed E-state index contributed by atoms with van der Waals surface area (Å²) in [5.41, 5.74) is 14.5. The molecule has 0 fully saturated rings. The number of fused-ring (bicyclic) bond motifs is 1. The Morgan fingerprint density at radius 2 is 1.10 bits per heavy atom. The molecular formula is C40H38N2. The Morgan fingerprint density at radius 1 is 0.524 bits per heavy atom. The highest BCUT2D eigenvalue weighted by atomic mass is 15.1. The van der Waals surface area contributed by atoms with Crippen molar-refractivity contribution in [3.63, 3.8) is 0 Å². The van der Waals surface area contributed by atoms with Gasteiger partial charge in [-0.05, 0) is 69.6 Å². The molecule has 0 unspecified atom stereocenters. The van der Waals surface area contributed by atoms with Crippen molar-refractivity contribution in [1.82, 2.24) is 4.57 Å². The Kier molecular flexibility index (Phi) is 4.94. The Morgan fingerprint density at radius 3 is 1.76 bits per heavy atom. The van der Waals surface area contributed by atoms with Crippen LogP contribution >= 0.6 is 0 Å². The summed E-state index contributed by atoms with van der Waals surface area (Å²) in [6.45, 7) is 16.4. The molecule has 0 bridgehead atoms. The van der Waals surface area contributed by atoms with Crippen molar-refractivity contribution >= 4 is 38.9 Å². The van der Waals surface area contributed by atoms with Crippen LogP contribution in [0.3, 0.4) is 0 Å². The van der Waals surface area contributed by atoms with Gasteiger partial charge in [0, 0.05) is 38.7 Å². The van der Waals surface area contributed by atoms with Crippen LogP contribution in [0.15, 0.2) is 103 Å². The summed E-state index contributed by atoms with van der Waals surface area (Å²) in [6.07, 6.45) is 0. The topological polar surface area (TPSA) is 8.17 Å². The highest BCUT2D eigenvalue weighted by Gasteiger charge is 2.43. The van der Waals surface area contributed by atoms with E-state index in [2.05, 4.69) is 161 Å². The van der Waals surface area contributed by atoms with Gasteiger partial charge >= 0.3 is 0 Å². The van der Waals surface area contributed by atoms with Crippen LogP contribution in [0.1, 0.15) is 76.3 Å². The molecule has 2 aliphatic rings. The van der Waals surface area contributed by atoms with Crippen molar-refractivity contribution < 1.29 is 0 Å². The van der Waals surface area contributed by atoms with Gasteiger partial charge in [-0.2, -0.15) is 0 Å². The largest absolute Gasteiger partial charge is 0.310 e. The molecule has 3 heterocycles. The summed E-state index contributed by atoms with van der Waals surface area (Å²) in [5.74, 6) is 0. The first-order valence-corrected chi connectivity index (χ1v) is 15.2. The lowest BCUT2D eigenvalue weighted by molar-refractivity contribution is 0.590. The van der Waals surface area contributed by atoms with E-state index in [1.807, 2.05) is 0 Å². The lowest BCUT2D eigenvalue weighted by atomic mass is 9.68. The van der Waals surface area contributed by atoms with E-state index in [0.717, 1.165) is 0 Å². The Labute approximate surface area is 249 Å². The summed E-state index contributed by atoms with van der Waals surface area (Å²) in [7, 11) is 0. The van der Waals surface area contributed by atoms with Gasteiger partial charge < -0.3 is 9.47 Å². The van der Waals surface area contributed by atoms with E-state index in [1.54, 1.807) is 0 Å². The molecular weight excluding hydrogens is 508 g/mol. The minimum Gasteiger partial charge on any atom is -0.310 e. The smallest absolute Gasteiger partial charge is 0.0583 e. The molecule has 6 aromatic rings. The molecule has 0 radical (unpaired) electrons. The summed E-state index contributed by atoms with van der Waals surface area (Å²) >= 11 is 0. The number of hydrogen-bond donors (Lipinski definition) is 0. The predicted molar refractivity (Wildman–Crippen MR) is 178 cm³/mol. The summed E-state index contributed by atoms with van der Waals surface area (Å²) < 4.78 is 2.60. The van der Waals surface area contributed by atoms with Gasteiger partial charge in [-0.15, -0.1) is 0 Å². The minimum absolute atomic E-state index is 0.0729. The van der Waals surface area contributed by atoms with Crippen LogP contribution < -0.4 is 4.90 Å². The van der Waals surface area contributed by atoms with Crippen molar-refractivity contribution in [3.8, 4) is 5.69 Å². The Bertz CT molecular complexity index is 2050. The van der Waals surface area contributed by atoms with Crippen LogP contribution in [0.25, 0.3) is 27.5 Å². The lowest BCUT2D eigenvalue weighted by Gasteiger charge is -2.42. The third-order valence-electron chi connectivity index (χ3n) is 10.1. The van der Waals surface area contributed by atoms with E-state index >= 15 is 0 Å². The molecule has 208 valence electrons. The van der Waals surface area contributed by atoms with Gasteiger partial charge in [0.05, 0.1) is 16.7 Å². The summed E-state index contributed by atoms with van der Waals surface area (Å²) in [4.78, 5) is 2.43. The molecule has 8 rings (SSSR count). The molecule has 2 heteroatoms. The molecule has 42 heavy (non-hydrogen) atoms. The monoisotopic (exact) mass is 546 g/mol. The molecule has 1 aromatic heterocycles. The fraction of sp³-hybridized carbons (Fsp3) is 0.250. The van der Waals surface area contributed by atoms with E-state index in [4.69, 9.17) is 0 Å². The van der Waals surface area contributed by atoms with Crippen LogP contribution in [0.5, 0.6) is 0 Å². The normalized spacial score (nSPS) is 15.9. The van der Waals surface area contributed by atoms with Gasteiger partial charge in [0.25, 0.3) is 0 Å². The lowest BCUT2D eigenvalue weighted by Crippen LogP contribution is -2.33. The van der Waals surface area contributed by atoms with Gasteiger partial charge in [-0.25, -0.2) is 0 Å². The predicted octanol–water partition coefficient (Wildman–Crippen LogP) is 10.8. The van der Waals surface area contributed by atoms with Crippen molar-refractivity contribution in [2.24, 2.45) is 0 Å². The molecule has 0 saturated carbocycles. The van der Waals surface area contributed by atoms with Crippen LogP contribution in [0, 0.1) is 0 Å². The van der Waals surface area contributed by atoms with Gasteiger partial charge in [-0.3, -0.25) is 0 Å².